The summed E-state index contributed by atoms with van der Waals surface area (Å²) in [5.74, 6) is 1.97. The van der Waals surface area contributed by atoms with Gasteiger partial charge in [0.25, 0.3) is 0 Å². The average Bonchev–Trinajstić information content (AvgIpc) is 3.14. The van der Waals surface area contributed by atoms with Crippen molar-refractivity contribution >= 4 is 11.6 Å². The summed E-state index contributed by atoms with van der Waals surface area (Å²) >= 11 is 0. The lowest BCUT2D eigenvalue weighted by atomic mass is 10.2. The van der Waals surface area contributed by atoms with E-state index in [2.05, 4.69) is 33.5 Å². The number of phenols is 1. The first-order chi connectivity index (χ1) is 13.2. The normalized spacial score (nSPS) is 17.0. The van der Waals surface area contributed by atoms with Crippen LogP contribution in [0.3, 0.4) is 0 Å². The molecule has 0 aliphatic carbocycles. The van der Waals surface area contributed by atoms with Crippen LogP contribution in [-0.4, -0.2) is 43.9 Å². The average molecular weight is 368 g/mol. The second-order valence-corrected chi connectivity index (χ2v) is 6.61. The number of nitrogens with zero attached hydrogens (tertiary/aromatic N) is 2. The first-order valence-electron chi connectivity index (χ1n) is 9.40. The third kappa shape index (κ3) is 5.06. The number of para-hydroxylation sites is 2. The number of aliphatic imine (C=N–C) groups is 1. The summed E-state index contributed by atoms with van der Waals surface area (Å²) in [6.07, 6.45) is 1.04. The van der Waals surface area contributed by atoms with Gasteiger partial charge < -0.3 is 25.4 Å². The Morgan fingerprint density at radius 1 is 1.26 bits per heavy atom. The molecule has 3 N–H and O–H groups in total. The minimum absolute atomic E-state index is 0.268. The Hall–Kier alpha value is -2.89. The quantitative estimate of drug-likeness (QED) is 0.540. The van der Waals surface area contributed by atoms with Crippen molar-refractivity contribution in [3.8, 4) is 11.5 Å². The van der Waals surface area contributed by atoms with Crippen molar-refractivity contribution in [2.45, 2.75) is 25.9 Å². The number of hydrogen-bond acceptors (Lipinski definition) is 4. The zero-order valence-corrected chi connectivity index (χ0v) is 16.0. The van der Waals surface area contributed by atoms with Crippen molar-refractivity contribution < 1.29 is 9.84 Å². The summed E-state index contributed by atoms with van der Waals surface area (Å²) < 4.78 is 5.49. The van der Waals surface area contributed by atoms with Crippen LogP contribution in [0.2, 0.25) is 0 Å². The van der Waals surface area contributed by atoms with E-state index in [1.54, 1.807) is 19.2 Å². The largest absolute Gasteiger partial charge is 0.508 e. The van der Waals surface area contributed by atoms with E-state index in [4.69, 9.17) is 4.74 Å². The first kappa shape index (κ1) is 18.9. The van der Waals surface area contributed by atoms with Crippen LogP contribution in [0.15, 0.2) is 53.5 Å². The highest BCUT2D eigenvalue weighted by Crippen LogP contribution is 2.30. The van der Waals surface area contributed by atoms with Crippen molar-refractivity contribution in [3.63, 3.8) is 0 Å². The lowest BCUT2D eigenvalue weighted by Gasteiger charge is -2.22. The van der Waals surface area contributed by atoms with E-state index in [1.807, 2.05) is 30.3 Å². The molecule has 0 radical (unpaired) electrons. The van der Waals surface area contributed by atoms with Crippen LogP contribution in [-0.2, 0) is 6.54 Å². The van der Waals surface area contributed by atoms with Crippen molar-refractivity contribution in [2.75, 3.05) is 31.6 Å². The molecule has 0 spiro atoms. The van der Waals surface area contributed by atoms with E-state index in [9.17, 15) is 5.11 Å². The third-order valence-corrected chi connectivity index (χ3v) is 4.63. The molecular formula is C21H28N4O2. The Labute approximate surface area is 160 Å². The molecule has 1 aliphatic heterocycles. The Kier molecular flexibility index (Phi) is 6.41. The van der Waals surface area contributed by atoms with Crippen LogP contribution < -0.4 is 20.3 Å². The molecule has 1 unspecified atom stereocenters. The zero-order chi connectivity index (χ0) is 19.1. The minimum atomic E-state index is 0.268. The second-order valence-electron chi connectivity index (χ2n) is 6.61. The van der Waals surface area contributed by atoms with E-state index < -0.39 is 0 Å². The highest BCUT2D eigenvalue weighted by Gasteiger charge is 2.25. The minimum Gasteiger partial charge on any atom is -0.508 e. The number of benzene rings is 2. The molecule has 144 valence electrons. The number of anilines is 1. The topological polar surface area (TPSA) is 69.1 Å². The van der Waals surface area contributed by atoms with Crippen molar-refractivity contribution in [1.82, 2.24) is 10.6 Å². The number of rotatable bonds is 6. The predicted molar refractivity (Wildman–Crippen MR) is 110 cm³/mol. The Balaban J connectivity index is 1.62. The van der Waals surface area contributed by atoms with E-state index in [0.717, 1.165) is 49.0 Å². The highest BCUT2D eigenvalue weighted by molar-refractivity contribution is 5.80. The van der Waals surface area contributed by atoms with Gasteiger partial charge in [0.05, 0.1) is 19.3 Å². The van der Waals surface area contributed by atoms with Gasteiger partial charge in [0.15, 0.2) is 5.96 Å². The Morgan fingerprint density at radius 3 is 2.89 bits per heavy atom. The Bertz CT molecular complexity index is 778. The van der Waals surface area contributed by atoms with Gasteiger partial charge in [-0.2, -0.15) is 0 Å². The maximum Gasteiger partial charge on any atom is 0.191 e. The van der Waals surface area contributed by atoms with Crippen molar-refractivity contribution in [3.05, 3.63) is 54.1 Å². The zero-order valence-electron chi connectivity index (χ0n) is 16.0. The van der Waals surface area contributed by atoms with Gasteiger partial charge in [-0.1, -0.05) is 24.3 Å². The van der Waals surface area contributed by atoms with E-state index in [1.165, 1.54) is 0 Å². The van der Waals surface area contributed by atoms with Gasteiger partial charge in [-0.25, -0.2) is 4.99 Å². The third-order valence-electron chi connectivity index (χ3n) is 4.63. The maximum absolute atomic E-state index is 9.60. The molecule has 27 heavy (non-hydrogen) atoms. The van der Waals surface area contributed by atoms with Gasteiger partial charge in [0.1, 0.15) is 11.5 Å². The number of ether oxygens (including phenoxy) is 1. The molecule has 6 heteroatoms. The summed E-state index contributed by atoms with van der Waals surface area (Å²) in [7, 11) is 1.71. The summed E-state index contributed by atoms with van der Waals surface area (Å²) in [5.41, 5.74) is 2.11. The lowest BCUT2D eigenvalue weighted by molar-refractivity contribution is 0.415. The highest BCUT2D eigenvalue weighted by atomic mass is 16.5. The smallest absolute Gasteiger partial charge is 0.191 e. The molecule has 2 aromatic rings. The molecule has 1 fully saturated rings. The summed E-state index contributed by atoms with van der Waals surface area (Å²) in [6.45, 7) is 5.25. The van der Waals surface area contributed by atoms with Gasteiger partial charge in [-0.3, -0.25) is 0 Å². The van der Waals surface area contributed by atoms with Gasteiger partial charge in [-0.15, -0.1) is 0 Å². The SMILES string of the molecule is CCNC(=NCc1cccc(O)c1)NC1CCN(c2ccccc2OC)C1. The predicted octanol–water partition coefficient (Wildman–Crippen LogP) is 2.73. The molecule has 6 nitrogen and oxygen atoms in total. The molecule has 1 aliphatic rings. The van der Waals surface area contributed by atoms with Crippen LogP contribution in [0.1, 0.15) is 18.9 Å². The fourth-order valence-electron chi connectivity index (χ4n) is 3.33. The maximum atomic E-state index is 9.60. The summed E-state index contributed by atoms with van der Waals surface area (Å²) in [4.78, 5) is 7.00. The van der Waals surface area contributed by atoms with E-state index in [0.29, 0.717) is 12.6 Å². The van der Waals surface area contributed by atoms with Crippen LogP contribution in [0, 0.1) is 0 Å². The molecule has 0 aromatic heterocycles. The van der Waals surface area contributed by atoms with Gasteiger partial charge >= 0.3 is 0 Å². The fourth-order valence-corrected chi connectivity index (χ4v) is 3.33. The number of hydrogen-bond donors (Lipinski definition) is 3. The summed E-state index contributed by atoms with van der Waals surface area (Å²) in [5, 5.41) is 16.4. The van der Waals surface area contributed by atoms with E-state index in [-0.39, 0.29) is 5.75 Å². The molecule has 0 saturated carbocycles. The van der Waals surface area contributed by atoms with Crippen molar-refractivity contribution in [2.24, 2.45) is 4.99 Å². The van der Waals surface area contributed by atoms with Crippen LogP contribution in [0.5, 0.6) is 11.5 Å². The number of aromatic hydroxyl groups is 1. The van der Waals surface area contributed by atoms with E-state index >= 15 is 0 Å². The lowest BCUT2D eigenvalue weighted by Crippen LogP contribution is -2.44. The number of phenolic OH excluding ortho intramolecular Hbond substituents is 1. The molecule has 3 rings (SSSR count). The monoisotopic (exact) mass is 368 g/mol. The molecule has 1 heterocycles. The molecular weight excluding hydrogens is 340 g/mol. The first-order valence-corrected chi connectivity index (χ1v) is 9.40. The summed E-state index contributed by atoms with van der Waals surface area (Å²) in [6, 6.07) is 15.7. The molecule has 2 aromatic carbocycles. The van der Waals surface area contributed by atoms with Crippen LogP contribution in [0.4, 0.5) is 5.69 Å². The molecule has 0 bridgehead atoms. The van der Waals surface area contributed by atoms with Gasteiger partial charge in [0, 0.05) is 25.7 Å². The fraction of sp³-hybridized carbons (Fsp3) is 0.381. The number of methoxy groups -OCH3 is 1. The van der Waals surface area contributed by atoms with Gasteiger partial charge in [0.2, 0.25) is 0 Å². The van der Waals surface area contributed by atoms with Crippen molar-refractivity contribution in [1.29, 1.82) is 0 Å². The Morgan fingerprint density at radius 2 is 2.11 bits per heavy atom. The second kappa shape index (κ2) is 9.16. The van der Waals surface area contributed by atoms with Crippen LogP contribution in [0.25, 0.3) is 0 Å². The van der Waals surface area contributed by atoms with Gasteiger partial charge in [-0.05, 0) is 43.2 Å². The molecule has 1 saturated heterocycles. The molecule has 0 amide bonds. The number of nitrogens with one attached hydrogen (secondary N) is 2. The standard InChI is InChI=1S/C21H28N4O2/c1-3-22-21(23-14-16-7-6-8-18(26)13-16)24-17-11-12-25(15-17)19-9-4-5-10-20(19)27-2/h4-10,13,17,26H,3,11-12,14-15H2,1-2H3,(H2,22,23,24). The number of guanidine groups is 1. The van der Waals surface area contributed by atoms with Crippen LogP contribution >= 0.6 is 0 Å². The molecule has 1 atom stereocenters.